The van der Waals surface area contributed by atoms with E-state index >= 15 is 0 Å². The fraction of sp³-hybridized carbons (Fsp3) is 0.330. The Labute approximate surface area is 743 Å². The molecule has 698 valence electrons. The number of H-pyrrole nitrogens is 1. The smallest absolute Gasteiger partial charge is 0.437 e. The Hall–Kier alpha value is -14.2. The van der Waals surface area contributed by atoms with Crippen molar-refractivity contribution in [2.24, 2.45) is 0 Å². The van der Waals surface area contributed by atoms with Crippen LogP contribution in [0.4, 0.5) is 52.7 Å². The zero-order valence-corrected chi connectivity index (χ0v) is 71.6. The van der Waals surface area contributed by atoms with Crippen molar-refractivity contribution >= 4 is 105 Å². The molecule has 0 aliphatic heterocycles. The van der Waals surface area contributed by atoms with Crippen LogP contribution in [0, 0.1) is 0 Å². The molecule has 132 heavy (non-hydrogen) atoms. The van der Waals surface area contributed by atoms with Gasteiger partial charge >= 0.3 is 42.6 Å². The number of aromatic amines is 1. The van der Waals surface area contributed by atoms with Gasteiger partial charge in [0.1, 0.15) is 59.1 Å². The van der Waals surface area contributed by atoms with Gasteiger partial charge in [-0.15, -0.1) is 0 Å². The number of ether oxygens (including phenoxy) is 8. The van der Waals surface area contributed by atoms with E-state index in [0.717, 1.165) is 55.8 Å². The van der Waals surface area contributed by atoms with Gasteiger partial charge in [-0.1, -0.05) is 74.0 Å². The number of aromatic nitrogens is 8. The van der Waals surface area contributed by atoms with E-state index in [4.69, 9.17) is 71.3 Å². The van der Waals surface area contributed by atoms with E-state index in [-0.39, 0.29) is 57.0 Å². The Balaban J connectivity index is 0.000000150. The van der Waals surface area contributed by atoms with Gasteiger partial charge in [0.05, 0.1) is 67.8 Å². The molecule has 8 heterocycles. The third-order valence-electron chi connectivity index (χ3n) is 20.9. The lowest BCUT2D eigenvalue weighted by atomic mass is 10.0. The summed E-state index contributed by atoms with van der Waals surface area (Å²) in [6.45, 7) is 10.3. The summed E-state index contributed by atoms with van der Waals surface area (Å²) in [6, 6.07) is 41.1. The van der Waals surface area contributed by atoms with Crippen LogP contribution in [0.1, 0.15) is 124 Å². The highest BCUT2D eigenvalue weighted by Gasteiger charge is 2.41. The van der Waals surface area contributed by atoms with Crippen LogP contribution in [0.25, 0.3) is 87.5 Å². The van der Waals surface area contributed by atoms with E-state index in [2.05, 4.69) is 25.6 Å². The highest BCUT2D eigenvalue weighted by Crippen LogP contribution is 2.44. The topological polar surface area (TPSA) is 320 Å². The van der Waals surface area contributed by atoms with Crippen molar-refractivity contribution in [2.75, 3.05) is 52.9 Å². The largest absolute Gasteiger partial charge is 0.493 e. The number of carboxylic acid groups (broad SMARTS) is 3. The number of nitrogens with zero attached hydrogens (tertiary/aromatic N) is 7. The van der Waals surface area contributed by atoms with E-state index in [9.17, 15) is 67.1 Å². The van der Waals surface area contributed by atoms with Crippen LogP contribution < -0.4 is 37.9 Å². The maximum Gasteiger partial charge on any atom is 0.437 e. The van der Waals surface area contributed by atoms with E-state index in [0.29, 0.717) is 186 Å². The third-order valence-corrected chi connectivity index (χ3v) is 20.9. The van der Waals surface area contributed by atoms with Crippen LogP contribution in [-0.4, -0.2) is 125 Å². The summed E-state index contributed by atoms with van der Waals surface area (Å²) in [4.78, 5) is 35.7. The summed E-state index contributed by atoms with van der Waals surface area (Å²) < 4.78 is 229. The van der Waals surface area contributed by atoms with E-state index in [1.54, 1.807) is 57.9 Å². The van der Waals surface area contributed by atoms with Crippen molar-refractivity contribution in [3.8, 4) is 46.0 Å². The van der Waals surface area contributed by atoms with Crippen LogP contribution in [0.15, 0.2) is 188 Å². The summed E-state index contributed by atoms with van der Waals surface area (Å²) in [5.74, 6) is 1.63. The first-order valence-electron chi connectivity index (χ1n) is 42.3. The Kier molecular flexibility index (Phi) is 30.7. The minimum Gasteiger partial charge on any atom is -0.493 e. The number of carbonyl (C=O) groups is 3. The molecule has 26 nitrogen and oxygen atoms in total. The van der Waals surface area contributed by atoms with Gasteiger partial charge in [-0.2, -0.15) is 52.7 Å². The van der Waals surface area contributed by atoms with Crippen LogP contribution in [0.3, 0.4) is 0 Å². The molecule has 0 radical (unpaired) electrons. The molecule has 8 aromatic carbocycles. The SMILES string of the molecule is CCCc1c(OCCCOc2ccc3c(ccn3CC(=O)O)c2)ccc2c(C(F)(F)F)noc12.CCCc1c(OCCCOc2ccc3c(ccn3CC(=O)O)c2)ccc2c(C(F)(F)F)noc12.CCCc1c(OCCCOc2ccc3cc[nH]c3c2)ccc2c(C(F)(F)F)noc12.CCCc1c(OCCCn2ccc3cc(OCC(=O)O)ccc32)ccc2c(C(F)(F)F)noc12. The van der Waals surface area contributed by atoms with Gasteiger partial charge in [0.2, 0.25) is 0 Å². The molecule has 0 spiro atoms. The average Bonchev–Trinajstić information content (AvgIpc) is 1.63. The first-order valence-corrected chi connectivity index (χ1v) is 42.3. The minimum absolute atomic E-state index is 0.0404. The van der Waals surface area contributed by atoms with E-state index < -0.39 is 72.0 Å². The average molecular weight is 1850 g/mol. The Bertz CT molecular complexity index is 6450. The molecule has 0 aliphatic carbocycles. The first-order chi connectivity index (χ1) is 63.3. The monoisotopic (exact) mass is 1850 g/mol. The number of hydrogen-bond donors (Lipinski definition) is 4. The zero-order valence-electron chi connectivity index (χ0n) is 71.6. The highest BCUT2D eigenvalue weighted by molar-refractivity contribution is 5.90. The molecule has 0 aliphatic rings. The predicted molar refractivity (Wildman–Crippen MR) is 461 cm³/mol. The number of hydrogen-bond acceptors (Lipinski definition) is 19. The second kappa shape index (κ2) is 42.6. The number of benzene rings is 8. The molecule has 0 bridgehead atoms. The van der Waals surface area contributed by atoms with Gasteiger partial charge in [-0.05, 0) is 177 Å². The first kappa shape index (κ1) is 95.4. The Morgan fingerprint density at radius 1 is 0.341 bits per heavy atom. The van der Waals surface area contributed by atoms with Crippen molar-refractivity contribution in [3.63, 3.8) is 0 Å². The quantitative estimate of drug-likeness (QED) is 0.0206. The number of alkyl halides is 12. The van der Waals surface area contributed by atoms with Crippen LogP contribution >= 0.6 is 0 Å². The normalized spacial score (nSPS) is 11.9. The van der Waals surface area contributed by atoms with Crippen LogP contribution in [0.2, 0.25) is 0 Å². The van der Waals surface area contributed by atoms with Crippen molar-refractivity contribution < 1.29 is 138 Å². The van der Waals surface area contributed by atoms with Crippen LogP contribution in [0.5, 0.6) is 46.0 Å². The fourth-order valence-corrected chi connectivity index (χ4v) is 15.0. The molecule has 16 rings (SSSR count). The molecular formula is C94H90F12N8O18. The molecule has 0 saturated carbocycles. The second-order valence-electron chi connectivity index (χ2n) is 30.4. The maximum atomic E-state index is 13.2. The number of aliphatic carboxylic acids is 3. The molecule has 0 fully saturated rings. The number of fused-ring (bicyclic) bond motifs is 8. The zero-order chi connectivity index (χ0) is 94.0. The van der Waals surface area contributed by atoms with Crippen LogP contribution in [-0.2, 0) is 84.4 Å². The summed E-state index contributed by atoms with van der Waals surface area (Å²) in [5, 5.41) is 43.1. The van der Waals surface area contributed by atoms with E-state index in [1.807, 2.05) is 117 Å². The number of nitrogens with one attached hydrogen (secondary N) is 1. The molecule has 0 saturated heterocycles. The van der Waals surface area contributed by atoms with Crippen molar-refractivity contribution in [3.05, 3.63) is 215 Å². The fourth-order valence-electron chi connectivity index (χ4n) is 15.0. The molecule has 0 atom stereocenters. The van der Waals surface area contributed by atoms with Crippen molar-refractivity contribution in [1.29, 1.82) is 0 Å². The van der Waals surface area contributed by atoms with Gasteiger partial charge < -0.3 is 90.0 Å². The molecule has 0 amide bonds. The van der Waals surface area contributed by atoms with Gasteiger partial charge in [-0.25, -0.2) is 4.79 Å². The molecular weight excluding hydrogens is 1760 g/mol. The number of rotatable bonds is 38. The summed E-state index contributed by atoms with van der Waals surface area (Å²) in [5.41, 5.74) is 2.28. The summed E-state index contributed by atoms with van der Waals surface area (Å²) in [6.07, 6.45) is -3.81. The number of halogens is 12. The summed E-state index contributed by atoms with van der Waals surface area (Å²) in [7, 11) is 0. The lowest BCUT2D eigenvalue weighted by molar-refractivity contribution is -0.142. The second-order valence-corrected chi connectivity index (χ2v) is 30.4. The molecule has 38 heteroatoms. The Morgan fingerprint density at radius 2 is 0.644 bits per heavy atom. The van der Waals surface area contributed by atoms with Gasteiger partial charge in [-0.3, -0.25) is 9.59 Å². The lowest BCUT2D eigenvalue weighted by Gasteiger charge is -2.12. The third kappa shape index (κ3) is 23.5. The predicted octanol–water partition coefficient (Wildman–Crippen LogP) is 23.2. The number of carboxylic acids is 3. The maximum absolute atomic E-state index is 13.2. The Morgan fingerprint density at radius 3 is 0.970 bits per heavy atom. The van der Waals surface area contributed by atoms with Gasteiger partial charge in [0.15, 0.2) is 51.7 Å². The molecule has 8 aromatic heterocycles. The molecule has 16 aromatic rings. The van der Waals surface area contributed by atoms with E-state index in [1.165, 1.54) is 36.4 Å². The van der Waals surface area contributed by atoms with Gasteiger partial charge in [0.25, 0.3) is 0 Å². The number of aryl methyl sites for hydroxylation is 5. The standard InChI is InChI=1S/3C24H23F3N2O5.C22H21F3N2O3/c2*1-2-4-17-20(8-6-18-22(17)34-28-23(18)24(25,26)27)33-12-3-11-32-16-5-7-19-15(13-16)9-10-29(19)14-21(30)31;1-2-4-17-20(8-6-18-22(17)34-28-23(18)24(25,26)27)32-12-3-10-29-11-9-15-13-16(5-7-19(15)29)33-14-21(30)31;1-2-4-16-19(8-7-17-20(16)30-27-21(17)22(23,24)25)29-12-3-11-28-15-6-5-14-9-10-26-18(14)13-15/h2*5-10,13H,2-4,11-12,14H2,1H3,(H,30,31);5-9,11,13H,2-4,10,12,14H2,1H3,(H,30,31);5-10,13,26H,2-4,11-12H2,1H3. The molecule has 4 N–H and O–H groups in total. The summed E-state index contributed by atoms with van der Waals surface area (Å²) >= 11 is 0. The molecule has 0 unspecified atom stereocenters. The minimum atomic E-state index is -4.59. The van der Waals surface area contributed by atoms with Crippen molar-refractivity contribution in [2.45, 2.75) is 149 Å². The lowest BCUT2D eigenvalue weighted by Crippen LogP contribution is -2.09. The highest BCUT2D eigenvalue weighted by atomic mass is 19.4. The van der Waals surface area contributed by atoms with Gasteiger partial charge in [0, 0.05) is 117 Å². The van der Waals surface area contributed by atoms with Crippen molar-refractivity contribution in [1.82, 2.24) is 39.3 Å².